The molecule has 2 saturated heterocycles. The number of aromatic nitrogens is 3. The zero-order chi connectivity index (χ0) is 31.9. The Labute approximate surface area is 265 Å². The molecule has 2 atom stereocenters. The summed E-state index contributed by atoms with van der Waals surface area (Å²) >= 11 is 1.29. The highest BCUT2D eigenvalue weighted by Crippen LogP contribution is 2.38. The van der Waals surface area contributed by atoms with Gasteiger partial charge >= 0.3 is 12.0 Å². The Morgan fingerprint density at radius 2 is 1.93 bits per heavy atom. The highest BCUT2D eigenvalue weighted by Gasteiger charge is 2.32. The number of carbonyl (C=O) groups is 4. The van der Waals surface area contributed by atoms with Gasteiger partial charge in [0.05, 0.1) is 12.0 Å². The van der Waals surface area contributed by atoms with E-state index in [1.54, 1.807) is 18.3 Å². The van der Waals surface area contributed by atoms with Crippen LogP contribution in [0.25, 0.3) is 10.3 Å². The lowest BCUT2D eigenvalue weighted by molar-refractivity contribution is -0.143. The molecule has 3 aromatic heterocycles. The Balaban J connectivity index is 1.20. The molecule has 45 heavy (non-hydrogen) atoms. The van der Waals surface area contributed by atoms with Crippen molar-refractivity contribution in [2.75, 3.05) is 31.1 Å². The summed E-state index contributed by atoms with van der Waals surface area (Å²) in [5.74, 6) is -0.838. The van der Waals surface area contributed by atoms with E-state index in [0.717, 1.165) is 40.9 Å². The molecular formula is C32H39N7O5S. The van der Waals surface area contributed by atoms with Crippen LogP contribution in [0.4, 0.5) is 10.6 Å². The maximum atomic E-state index is 13.6. The Morgan fingerprint density at radius 1 is 1.16 bits per heavy atom. The quantitative estimate of drug-likeness (QED) is 0.313. The average Bonchev–Trinajstić information content (AvgIpc) is 3.58. The van der Waals surface area contributed by atoms with Crippen LogP contribution in [-0.2, 0) is 22.4 Å². The minimum Gasteiger partial charge on any atom is -0.481 e. The van der Waals surface area contributed by atoms with Crippen molar-refractivity contribution in [2.45, 2.75) is 65.3 Å². The molecule has 0 bridgehead atoms. The smallest absolute Gasteiger partial charge is 0.330 e. The first-order valence-electron chi connectivity index (χ1n) is 15.6. The summed E-state index contributed by atoms with van der Waals surface area (Å²) in [6, 6.07) is 4.64. The SMILES string of the molecule is CC(C)(C)[C@H]1CCc2nc3sc(C(=O)N[C@H](CCN4CCC(C(=O)O)CC4)c4ccc(N5CC(=O)NC5=O)nc4)nc3cc2C1. The summed E-state index contributed by atoms with van der Waals surface area (Å²) in [6.45, 7) is 8.76. The number of imide groups is 1. The van der Waals surface area contributed by atoms with Crippen molar-refractivity contribution in [2.24, 2.45) is 17.3 Å². The maximum Gasteiger partial charge on any atom is 0.330 e. The van der Waals surface area contributed by atoms with Gasteiger partial charge < -0.3 is 15.3 Å². The normalized spacial score (nSPS) is 20.2. The van der Waals surface area contributed by atoms with Crippen molar-refractivity contribution in [3.05, 3.63) is 46.2 Å². The lowest BCUT2D eigenvalue weighted by atomic mass is 9.71. The van der Waals surface area contributed by atoms with Crippen molar-refractivity contribution in [1.29, 1.82) is 0 Å². The number of likely N-dealkylation sites (tertiary alicyclic amines) is 1. The first-order chi connectivity index (χ1) is 21.4. The first-order valence-corrected chi connectivity index (χ1v) is 16.4. The fourth-order valence-electron chi connectivity index (χ4n) is 6.50. The minimum atomic E-state index is -0.750. The number of pyridine rings is 2. The van der Waals surface area contributed by atoms with Gasteiger partial charge in [-0.25, -0.2) is 19.7 Å². The van der Waals surface area contributed by atoms with Gasteiger partial charge in [0.1, 0.15) is 22.7 Å². The molecule has 0 unspecified atom stereocenters. The molecule has 1 aliphatic carbocycles. The Morgan fingerprint density at radius 3 is 2.58 bits per heavy atom. The number of aryl methyl sites for hydroxylation is 1. The van der Waals surface area contributed by atoms with Gasteiger partial charge in [-0.15, -0.1) is 0 Å². The maximum absolute atomic E-state index is 13.6. The number of piperidine rings is 1. The van der Waals surface area contributed by atoms with E-state index in [9.17, 15) is 24.3 Å². The van der Waals surface area contributed by atoms with Gasteiger partial charge in [-0.2, -0.15) is 0 Å². The number of anilines is 1. The van der Waals surface area contributed by atoms with Gasteiger partial charge in [-0.3, -0.25) is 24.6 Å². The number of thiazole rings is 1. The molecule has 0 aromatic carbocycles. The van der Waals surface area contributed by atoms with Crippen molar-refractivity contribution in [3.63, 3.8) is 0 Å². The number of nitrogens with one attached hydrogen (secondary N) is 2. The van der Waals surface area contributed by atoms with E-state index in [0.29, 0.717) is 55.6 Å². The molecule has 12 nitrogen and oxygen atoms in total. The number of rotatable bonds is 8. The second-order valence-electron chi connectivity index (χ2n) is 13.4. The van der Waals surface area contributed by atoms with Crippen LogP contribution in [0.15, 0.2) is 24.4 Å². The molecule has 13 heteroatoms. The van der Waals surface area contributed by atoms with Gasteiger partial charge in [-0.05, 0) is 86.2 Å². The highest BCUT2D eigenvalue weighted by atomic mass is 32.1. The van der Waals surface area contributed by atoms with Crippen LogP contribution in [0.5, 0.6) is 0 Å². The van der Waals surface area contributed by atoms with Gasteiger partial charge in [0.2, 0.25) is 5.91 Å². The molecule has 2 fully saturated rings. The van der Waals surface area contributed by atoms with Crippen LogP contribution in [0, 0.1) is 17.3 Å². The molecule has 6 rings (SSSR count). The van der Waals surface area contributed by atoms with E-state index < -0.39 is 18.0 Å². The summed E-state index contributed by atoms with van der Waals surface area (Å²) < 4.78 is 0. The Bertz CT molecular complexity index is 1620. The van der Waals surface area contributed by atoms with E-state index in [1.165, 1.54) is 21.8 Å². The third-order valence-electron chi connectivity index (χ3n) is 9.39. The molecule has 2 aliphatic heterocycles. The second-order valence-corrected chi connectivity index (χ2v) is 14.4. The zero-order valence-corrected chi connectivity index (χ0v) is 26.7. The van der Waals surface area contributed by atoms with Crippen LogP contribution in [0.3, 0.4) is 0 Å². The molecule has 0 radical (unpaired) electrons. The minimum absolute atomic E-state index is 0.0937. The number of carboxylic acid groups (broad SMARTS) is 1. The molecule has 0 saturated carbocycles. The Hall–Kier alpha value is -3.97. The van der Waals surface area contributed by atoms with Crippen LogP contribution < -0.4 is 15.5 Å². The second kappa shape index (κ2) is 12.4. The number of carbonyl (C=O) groups excluding carboxylic acids is 3. The molecule has 3 aliphatic rings. The van der Waals surface area contributed by atoms with Crippen LogP contribution >= 0.6 is 11.3 Å². The summed E-state index contributed by atoms with van der Waals surface area (Å²) in [7, 11) is 0. The third-order valence-corrected chi connectivity index (χ3v) is 10.4. The zero-order valence-electron chi connectivity index (χ0n) is 25.8. The van der Waals surface area contributed by atoms with Gasteiger partial charge in [0.15, 0.2) is 5.01 Å². The van der Waals surface area contributed by atoms with Gasteiger partial charge in [-0.1, -0.05) is 38.2 Å². The number of urea groups is 1. The van der Waals surface area contributed by atoms with Crippen molar-refractivity contribution in [3.8, 4) is 0 Å². The fourth-order valence-corrected chi connectivity index (χ4v) is 7.34. The predicted octanol–water partition coefficient (Wildman–Crippen LogP) is 3.95. The van der Waals surface area contributed by atoms with Crippen LogP contribution in [0.1, 0.15) is 79.1 Å². The van der Waals surface area contributed by atoms with Crippen LogP contribution in [-0.4, -0.2) is 75.0 Å². The first kappa shape index (κ1) is 31.0. The lowest BCUT2D eigenvalue weighted by Crippen LogP contribution is -2.38. The number of hydrogen-bond acceptors (Lipinski definition) is 9. The van der Waals surface area contributed by atoms with E-state index >= 15 is 0 Å². The van der Waals surface area contributed by atoms with Gasteiger partial charge in [0.25, 0.3) is 5.91 Å². The lowest BCUT2D eigenvalue weighted by Gasteiger charge is -2.34. The van der Waals surface area contributed by atoms with E-state index in [2.05, 4.69) is 47.4 Å². The van der Waals surface area contributed by atoms with Crippen molar-refractivity contribution in [1.82, 2.24) is 30.5 Å². The molecule has 5 heterocycles. The highest BCUT2D eigenvalue weighted by molar-refractivity contribution is 7.19. The molecule has 4 amide bonds. The molecular weight excluding hydrogens is 594 g/mol. The number of hydrogen-bond donors (Lipinski definition) is 3. The largest absolute Gasteiger partial charge is 0.481 e. The molecule has 3 N–H and O–H groups in total. The predicted molar refractivity (Wildman–Crippen MR) is 169 cm³/mol. The summed E-state index contributed by atoms with van der Waals surface area (Å²) in [5, 5.41) is 15.1. The molecule has 238 valence electrons. The topological polar surface area (TPSA) is 158 Å². The molecule has 0 spiro atoms. The standard InChI is InChI=1S/C32H39N7O5S/c1-32(2,3)21-5-6-22-20(14-21)15-24-28(35-22)45-29(36-24)27(41)34-23(10-13-38-11-8-18(9-12-38)30(42)43)19-4-7-25(33-16-19)39-17-26(40)37-31(39)44/h4,7,15-16,18,21,23H,5-6,8-14,17H2,1-3H3,(H,34,41)(H,42,43)(H,37,40,44)/t21-,23+/m0/s1. The Kier molecular flexibility index (Phi) is 8.57. The van der Waals surface area contributed by atoms with E-state index in [1.807, 2.05) is 0 Å². The number of fused-ring (bicyclic) bond motifs is 2. The van der Waals surface area contributed by atoms with E-state index in [4.69, 9.17) is 9.97 Å². The van der Waals surface area contributed by atoms with Crippen molar-refractivity contribution < 1.29 is 24.3 Å². The number of amides is 4. The fraction of sp³-hybridized carbons (Fsp3) is 0.531. The summed E-state index contributed by atoms with van der Waals surface area (Å²) in [4.78, 5) is 67.1. The van der Waals surface area contributed by atoms with Crippen molar-refractivity contribution >= 4 is 51.3 Å². The van der Waals surface area contributed by atoms with E-state index in [-0.39, 0.29) is 29.7 Å². The number of aliphatic carboxylic acids is 1. The van der Waals surface area contributed by atoms with Gasteiger partial charge in [0, 0.05) is 18.4 Å². The number of nitrogens with zero attached hydrogens (tertiary/aromatic N) is 5. The van der Waals surface area contributed by atoms with Crippen LogP contribution in [0.2, 0.25) is 0 Å². The number of carboxylic acids is 1. The molecule has 3 aromatic rings. The summed E-state index contributed by atoms with van der Waals surface area (Å²) in [6.07, 6.45) is 6.36. The monoisotopic (exact) mass is 633 g/mol. The summed E-state index contributed by atoms with van der Waals surface area (Å²) in [5.41, 5.74) is 4.02. The average molecular weight is 634 g/mol. The third kappa shape index (κ3) is 6.84.